The Morgan fingerprint density at radius 3 is 2.83 bits per heavy atom. The van der Waals surface area contributed by atoms with Crippen molar-refractivity contribution in [2.45, 2.75) is 26.3 Å². The van der Waals surface area contributed by atoms with E-state index in [0.29, 0.717) is 11.8 Å². The summed E-state index contributed by atoms with van der Waals surface area (Å²) >= 11 is 1.60. The van der Waals surface area contributed by atoms with Gasteiger partial charge >= 0.3 is 0 Å². The third-order valence-corrected chi connectivity index (χ3v) is 4.41. The first-order chi connectivity index (χ1) is 11.6. The second-order valence-electron chi connectivity index (χ2n) is 6.06. The molecule has 2 aromatic heterocycles. The fraction of sp³-hybridized carbons (Fsp3) is 0.263. The highest BCUT2D eigenvalue weighted by molar-refractivity contribution is 7.10. The third kappa shape index (κ3) is 4.11. The van der Waals surface area contributed by atoms with Crippen LogP contribution in [0.3, 0.4) is 0 Å². The van der Waals surface area contributed by atoms with Gasteiger partial charge in [0.25, 0.3) is 0 Å². The molecule has 0 bridgehead atoms. The first-order valence-corrected chi connectivity index (χ1v) is 8.87. The fourth-order valence-corrected chi connectivity index (χ4v) is 3.11. The molecule has 1 aromatic carbocycles. The number of oxazole rings is 1. The van der Waals surface area contributed by atoms with Gasteiger partial charge in [-0.1, -0.05) is 32.0 Å². The molecular weight excluding hydrogens is 320 g/mol. The molecule has 5 heteroatoms. The van der Waals surface area contributed by atoms with Crippen molar-refractivity contribution in [3.63, 3.8) is 0 Å². The number of fused-ring (bicyclic) bond motifs is 1. The fourth-order valence-electron chi connectivity index (χ4n) is 2.50. The van der Waals surface area contributed by atoms with E-state index in [1.807, 2.05) is 47.9 Å². The van der Waals surface area contributed by atoms with Gasteiger partial charge in [0.05, 0.1) is 0 Å². The van der Waals surface area contributed by atoms with E-state index >= 15 is 0 Å². The van der Waals surface area contributed by atoms with Crippen molar-refractivity contribution < 1.29 is 9.21 Å². The summed E-state index contributed by atoms with van der Waals surface area (Å²) in [6, 6.07) is 11.3. The van der Waals surface area contributed by atoms with E-state index in [1.165, 1.54) is 0 Å². The predicted molar refractivity (Wildman–Crippen MR) is 97.7 cm³/mol. The highest BCUT2D eigenvalue weighted by Gasteiger charge is 2.20. The average molecular weight is 340 g/mol. The van der Waals surface area contributed by atoms with E-state index < -0.39 is 0 Å². The Balaban J connectivity index is 1.77. The Morgan fingerprint density at radius 1 is 1.29 bits per heavy atom. The molecule has 4 nitrogen and oxygen atoms in total. The van der Waals surface area contributed by atoms with Crippen LogP contribution in [-0.2, 0) is 4.79 Å². The number of hydrogen-bond acceptors (Lipinski definition) is 4. The maximum absolute atomic E-state index is 12.3. The molecule has 0 aliphatic rings. The van der Waals surface area contributed by atoms with Gasteiger partial charge in [0.15, 0.2) is 5.58 Å². The molecule has 0 radical (unpaired) electrons. The van der Waals surface area contributed by atoms with Crippen molar-refractivity contribution in [2.24, 2.45) is 5.92 Å². The molecule has 1 N–H and O–H groups in total. The smallest absolute Gasteiger partial charge is 0.244 e. The van der Waals surface area contributed by atoms with E-state index in [9.17, 15) is 4.79 Å². The topological polar surface area (TPSA) is 55.1 Å². The molecule has 0 unspecified atom stereocenters. The quantitative estimate of drug-likeness (QED) is 0.655. The van der Waals surface area contributed by atoms with Crippen LogP contribution in [0.25, 0.3) is 17.2 Å². The summed E-state index contributed by atoms with van der Waals surface area (Å²) in [5, 5.41) is 4.99. The first-order valence-electron chi connectivity index (χ1n) is 7.99. The SMILES string of the molecule is CC(C)C[C@H](NC(=O)/C=C/c1cccs1)c1nc2ccccc2o1. The lowest BCUT2D eigenvalue weighted by Crippen LogP contribution is -2.28. The molecule has 24 heavy (non-hydrogen) atoms. The molecule has 0 fully saturated rings. The summed E-state index contributed by atoms with van der Waals surface area (Å²) in [6.45, 7) is 4.23. The first kappa shape index (κ1) is 16.5. The summed E-state index contributed by atoms with van der Waals surface area (Å²) < 4.78 is 5.83. The van der Waals surface area contributed by atoms with Crippen LogP contribution in [0.15, 0.2) is 52.3 Å². The zero-order chi connectivity index (χ0) is 16.9. The number of rotatable bonds is 6. The van der Waals surface area contributed by atoms with Gasteiger partial charge in [-0.15, -0.1) is 11.3 Å². The van der Waals surface area contributed by atoms with Crippen LogP contribution < -0.4 is 5.32 Å². The summed E-state index contributed by atoms with van der Waals surface area (Å²) in [7, 11) is 0. The van der Waals surface area contributed by atoms with Gasteiger partial charge in [-0.05, 0) is 42.0 Å². The van der Waals surface area contributed by atoms with Gasteiger partial charge in [-0.2, -0.15) is 0 Å². The van der Waals surface area contributed by atoms with E-state index in [2.05, 4.69) is 24.1 Å². The monoisotopic (exact) mass is 340 g/mol. The number of carbonyl (C=O) groups excluding carboxylic acids is 1. The lowest BCUT2D eigenvalue weighted by molar-refractivity contribution is -0.117. The Morgan fingerprint density at radius 2 is 2.12 bits per heavy atom. The van der Waals surface area contributed by atoms with Gasteiger partial charge in [0.2, 0.25) is 11.8 Å². The number of amides is 1. The zero-order valence-corrected chi connectivity index (χ0v) is 14.5. The van der Waals surface area contributed by atoms with E-state index in [0.717, 1.165) is 22.4 Å². The van der Waals surface area contributed by atoms with Gasteiger partial charge in [-0.25, -0.2) is 4.98 Å². The highest BCUT2D eigenvalue weighted by atomic mass is 32.1. The Kier molecular flexibility index (Phi) is 5.11. The number of nitrogens with zero attached hydrogens (tertiary/aromatic N) is 1. The van der Waals surface area contributed by atoms with E-state index in [1.54, 1.807) is 17.4 Å². The maximum Gasteiger partial charge on any atom is 0.244 e. The minimum Gasteiger partial charge on any atom is -0.438 e. The van der Waals surface area contributed by atoms with Crippen molar-refractivity contribution >= 4 is 34.4 Å². The molecular formula is C19H20N2O2S. The summed E-state index contributed by atoms with van der Waals surface area (Å²) in [6.07, 6.45) is 4.14. The number of benzene rings is 1. The number of nitrogens with one attached hydrogen (secondary N) is 1. The number of hydrogen-bond donors (Lipinski definition) is 1. The van der Waals surface area contributed by atoms with Crippen LogP contribution in [0.2, 0.25) is 0 Å². The van der Waals surface area contributed by atoms with Crippen LogP contribution in [0, 0.1) is 5.92 Å². The van der Waals surface area contributed by atoms with Crippen LogP contribution in [-0.4, -0.2) is 10.9 Å². The number of aromatic nitrogens is 1. The van der Waals surface area contributed by atoms with Crippen LogP contribution in [0.5, 0.6) is 0 Å². The highest BCUT2D eigenvalue weighted by Crippen LogP contribution is 2.24. The Hall–Kier alpha value is -2.40. The van der Waals surface area contributed by atoms with Crippen molar-refractivity contribution in [3.05, 3.63) is 58.6 Å². The van der Waals surface area contributed by atoms with Gasteiger partial charge < -0.3 is 9.73 Å². The molecule has 1 atom stereocenters. The van der Waals surface area contributed by atoms with Gasteiger partial charge in [0, 0.05) is 11.0 Å². The summed E-state index contributed by atoms with van der Waals surface area (Å²) in [5.74, 6) is 0.825. The minimum atomic E-state index is -0.238. The van der Waals surface area contributed by atoms with Crippen LogP contribution in [0.1, 0.15) is 37.1 Å². The molecule has 2 heterocycles. The molecule has 0 saturated carbocycles. The normalized spacial score (nSPS) is 13.0. The Bertz CT molecular complexity index is 801. The molecule has 0 aliphatic heterocycles. The molecule has 0 aliphatic carbocycles. The van der Waals surface area contributed by atoms with Crippen molar-refractivity contribution in [1.29, 1.82) is 0 Å². The molecule has 1 amide bonds. The largest absolute Gasteiger partial charge is 0.438 e. The van der Waals surface area contributed by atoms with Crippen molar-refractivity contribution in [1.82, 2.24) is 10.3 Å². The number of thiophene rings is 1. The van der Waals surface area contributed by atoms with Crippen LogP contribution >= 0.6 is 11.3 Å². The molecule has 3 rings (SSSR count). The average Bonchev–Trinajstić information content (AvgIpc) is 3.21. The second-order valence-corrected chi connectivity index (χ2v) is 7.04. The minimum absolute atomic E-state index is 0.142. The molecule has 124 valence electrons. The summed E-state index contributed by atoms with van der Waals surface area (Å²) in [5.41, 5.74) is 1.55. The third-order valence-electron chi connectivity index (χ3n) is 3.57. The lowest BCUT2D eigenvalue weighted by Gasteiger charge is -2.16. The van der Waals surface area contributed by atoms with Crippen LogP contribution in [0.4, 0.5) is 0 Å². The summed E-state index contributed by atoms with van der Waals surface area (Å²) in [4.78, 5) is 17.8. The maximum atomic E-state index is 12.3. The van der Waals surface area contributed by atoms with Gasteiger partial charge in [0.1, 0.15) is 11.6 Å². The molecule has 0 saturated heterocycles. The van der Waals surface area contributed by atoms with Crippen molar-refractivity contribution in [2.75, 3.05) is 0 Å². The Labute approximate surface area is 145 Å². The van der Waals surface area contributed by atoms with Gasteiger partial charge in [-0.3, -0.25) is 4.79 Å². The number of carbonyl (C=O) groups is 1. The van der Waals surface area contributed by atoms with E-state index in [-0.39, 0.29) is 11.9 Å². The lowest BCUT2D eigenvalue weighted by atomic mass is 10.0. The van der Waals surface area contributed by atoms with Crippen molar-refractivity contribution in [3.8, 4) is 0 Å². The molecule has 3 aromatic rings. The zero-order valence-electron chi connectivity index (χ0n) is 13.7. The van der Waals surface area contributed by atoms with E-state index in [4.69, 9.17) is 4.42 Å². The second kappa shape index (κ2) is 7.45. The predicted octanol–water partition coefficient (Wildman–Crippen LogP) is 4.81. The molecule has 0 spiro atoms. The number of para-hydroxylation sites is 2. The standard InChI is InChI=1S/C19H20N2O2S/c1-13(2)12-16(19-21-15-7-3-4-8-17(15)23-19)20-18(22)10-9-14-6-5-11-24-14/h3-11,13,16H,12H2,1-2H3,(H,20,22)/b10-9+/t16-/m0/s1.